The van der Waals surface area contributed by atoms with E-state index in [0.717, 1.165) is 11.5 Å². The molecule has 0 aromatic carbocycles. The number of hydrogen-bond donors (Lipinski definition) is 1. The number of esters is 1. The van der Waals surface area contributed by atoms with Crippen LogP contribution < -0.4 is 5.32 Å². The molecule has 0 bridgehead atoms. The Kier molecular flexibility index (Phi) is 4.11. The van der Waals surface area contributed by atoms with Gasteiger partial charge in [0.25, 0.3) is 0 Å². The smallest absolute Gasteiger partial charge is 0.339 e. The van der Waals surface area contributed by atoms with Gasteiger partial charge >= 0.3 is 5.97 Å². The molecule has 2 aromatic heterocycles. The van der Waals surface area contributed by atoms with Crippen molar-refractivity contribution in [3.63, 3.8) is 0 Å². The molecule has 0 radical (unpaired) electrons. The highest BCUT2D eigenvalue weighted by Gasteiger charge is 2.10. The standard InChI is InChI=1S/C13H15N3O2S/c1-8-10(13(17)18-3)4-5-12(16-8)14-6-11-9(2)15-7-19-11/h4-5,7H,6H2,1-3H3,(H,14,16). The van der Waals surface area contributed by atoms with E-state index in [4.69, 9.17) is 0 Å². The lowest BCUT2D eigenvalue weighted by atomic mass is 10.2. The number of nitrogens with zero attached hydrogens (tertiary/aromatic N) is 2. The first kappa shape index (κ1) is 13.5. The van der Waals surface area contributed by atoms with Crippen LogP contribution in [-0.4, -0.2) is 23.0 Å². The van der Waals surface area contributed by atoms with Gasteiger partial charge in [0.1, 0.15) is 5.82 Å². The zero-order chi connectivity index (χ0) is 13.8. The Morgan fingerprint density at radius 1 is 1.37 bits per heavy atom. The molecule has 0 unspecified atom stereocenters. The van der Waals surface area contributed by atoms with Crippen LogP contribution in [0.2, 0.25) is 0 Å². The van der Waals surface area contributed by atoms with Crippen LogP contribution in [0.1, 0.15) is 26.6 Å². The van der Waals surface area contributed by atoms with Gasteiger partial charge in [0, 0.05) is 4.88 Å². The highest BCUT2D eigenvalue weighted by Crippen LogP contribution is 2.16. The minimum absolute atomic E-state index is 0.366. The molecule has 0 aliphatic heterocycles. The van der Waals surface area contributed by atoms with E-state index in [9.17, 15) is 4.79 Å². The van der Waals surface area contributed by atoms with Gasteiger partial charge in [-0.15, -0.1) is 11.3 Å². The number of aromatic nitrogens is 2. The summed E-state index contributed by atoms with van der Waals surface area (Å²) in [5.74, 6) is 0.368. The summed E-state index contributed by atoms with van der Waals surface area (Å²) < 4.78 is 4.69. The van der Waals surface area contributed by atoms with E-state index in [1.807, 2.05) is 12.4 Å². The molecule has 5 nitrogen and oxygen atoms in total. The van der Waals surface area contributed by atoms with Gasteiger partial charge in [-0.1, -0.05) is 0 Å². The molecule has 19 heavy (non-hydrogen) atoms. The van der Waals surface area contributed by atoms with Crippen LogP contribution in [0.25, 0.3) is 0 Å². The van der Waals surface area contributed by atoms with Crippen molar-refractivity contribution >= 4 is 23.1 Å². The molecule has 0 atom stereocenters. The topological polar surface area (TPSA) is 64.1 Å². The Morgan fingerprint density at radius 3 is 2.74 bits per heavy atom. The van der Waals surface area contributed by atoms with Crippen molar-refractivity contribution in [3.8, 4) is 0 Å². The predicted octanol–water partition coefficient (Wildman–Crippen LogP) is 2.55. The molecule has 0 saturated heterocycles. The number of pyridine rings is 1. The Labute approximate surface area is 115 Å². The van der Waals surface area contributed by atoms with Gasteiger partial charge in [-0.05, 0) is 26.0 Å². The first-order valence-corrected chi connectivity index (χ1v) is 6.68. The van der Waals surface area contributed by atoms with Crippen LogP contribution in [0.5, 0.6) is 0 Å². The van der Waals surface area contributed by atoms with E-state index >= 15 is 0 Å². The molecular formula is C13H15N3O2S. The molecule has 1 N–H and O–H groups in total. The van der Waals surface area contributed by atoms with Crippen LogP contribution in [0, 0.1) is 13.8 Å². The third-order valence-corrected chi connectivity index (χ3v) is 3.70. The first-order chi connectivity index (χ1) is 9.11. The summed E-state index contributed by atoms with van der Waals surface area (Å²) in [6.45, 7) is 4.45. The van der Waals surface area contributed by atoms with Gasteiger partial charge in [-0.25, -0.2) is 14.8 Å². The van der Waals surface area contributed by atoms with Crippen LogP contribution in [0.15, 0.2) is 17.6 Å². The maximum absolute atomic E-state index is 11.4. The predicted molar refractivity (Wildman–Crippen MR) is 74.5 cm³/mol. The van der Waals surface area contributed by atoms with E-state index in [1.54, 1.807) is 30.4 Å². The second kappa shape index (κ2) is 5.79. The highest BCUT2D eigenvalue weighted by molar-refractivity contribution is 7.09. The maximum atomic E-state index is 11.4. The first-order valence-electron chi connectivity index (χ1n) is 5.80. The number of thiazole rings is 1. The van der Waals surface area contributed by atoms with Crippen molar-refractivity contribution in [2.24, 2.45) is 0 Å². The molecular weight excluding hydrogens is 262 g/mol. The lowest BCUT2D eigenvalue weighted by Gasteiger charge is -2.08. The maximum Gasteiger partial charge on any atom is 0.339 e. The summed E-state index contributed by atoms with van der Waals surface area (Å²) in [4.78, 5) is 21.2. The summed E-state index contributed by atoms with van der Waals surface area (Å²) in [5.41, 5.74) is 3.99. The largest absolute Gasteiger partial charge is 0.465 e. The number of rotatable bonds is 4. The second-order valence-electron chi connectivity index (χ2n) is 4.04. The summed E-state index contributed by atoms with van der Waals surface area (Å²) in [5, 5.41) is 3.22. The summed E-state index contributed by atoms with van der Waals surface area (Å²) >= 11 is 1.61. The molecule has 2 heterocycles. The molecule has 0 aliphatic carbocycles. The Hall–Kier alpha value is -1.95. The van der Waals surface area contributed by atoms with Crippen molar-refractivity contribution in [3.05, 3.63) is 39.5 Å². The summed E-state index contributed by atoms with van der Waals surface area (Å²) in [6.07, 6.45) is 0. The fourth-order valence-electron chi connectivity index (χ4n) is 1.65. The van der Waals surface area contributed by atoms with Gasteiger partial charge in [-0.3, -0.25) is 0 Å². The molecule has 100 valence electrons. The molecule has 0 aliphatic rings. The van der Waals surface area contributed by atoms with Crippen LogP contribution in [0.3, 0.4) is 0 Å². The van der Waals surface area contributed by atoms with Crippen molar-refractivity contribution in [2.75, 3.05) is 12.4 Å². The van der Waals surface area contributed by atoms with Gasteiger partial charge in [0.05, 0.1) is 36.1 Å². The SMILES string of the molecule is COC(=O)c1ccc(NCc2scnc2C)nc1C. The van der Waals surface area contributed by atoms with Gasteiger partial charge in [0.2, 0.25) is 0 Å². The third kappa shape index (κ3) is 3.08. The number of carbonyl (C=O) groups is 1. The zero-order valence-corrected chi connectivity index (χ0v) is 11.9. The molecule has 6 heteroatoms. The molecule has 2 aromatic rings. The number of hydrogen-bond acceptors (Lipinski definition) is 6. The lowest BCUT2D eigenvalue weighted by Crippen LogP contribution is -2.07. The van der Waals surface area contributed by atoms with Crippen molar-refractivity contribution < 1.29 is 9.53 Å². The Morgan fingerprint density at radius 2 is 2.16 bits per heavy atom. The Balaban J connectivity index is 2.08. The summed E-state index contributed by atoms with van der Waals surface area (Å²) in [6, 6.07) is 3.49. The van der Waals surface area contributed by atoms with Crippen LogP contribution >= 0.6 is 11.3 Å². The molecule has 0 spiro atoms. The average molecular weight is 277 g/mol. The highest BCUT2D eigenvalue weighted by atomic mass is 32.1. The Bertz CT molecular complexity index is 595. The fraction of sp³-hybridized carbons (Fsp3) is 0.308. The van der Waals surface area contributed by atoms with Gasteiger partial charge in [-0.2, -0.15) is 0 Å². The van der Waals surface area contributed by atoms with Crippen molar-refractivity contribution in [2.45, 2.75) is 20.4 Å². The number of aryl methyl sites for hydroxylation is 2. The summed E-state index contributed by atoms with van der Waals surface area (Å²) in [7, 11) is 1.36. The van der Waals surface area contributed by atoms with Crippen molar-refractivity contribution in [1.82, 2.24) is 9.97 Å². The number of methoxy groups -OCH3 is 1. The van der Waals surface area contributed by atoms with Gasteiger partial charge in [0.15, 0.2) is 0 Å². The normalized spacial score (nSPS) is 10.3. The number of ether oxygens (including phenoxy) is 1. The minimum atomic E-state index is -0.366. The van der Waals surface area contributed by atoms with E-state index in [-0.39, 0.29) is 5.97 Å². The molecule has 0 saturated carbocycles. The second-order valence-corrected chi connectivity index (χ2v) is 4.97. The van der Waals surface area contributed by atoms with Gasteiger partial charge < -0.3 is 10.1 Å². The fourth-order valence-corrected chi connectivity index (χ4v) is 2.37. The van der Waals surface area contributed by atoms with E-state index in [0.29, 0.717) is 17.8 Å². The molecule has 0 amide bonds. The van der Waals surface area contributed by atoms with E-state index in [1.165, 1.54) is 12.0 Å². The number of nitrogens with one attached hydrogen (secondary N) is 1. The van der Waals surface area contributed by atoms with Crippen LogP contribution in [-0.2, 0) is 11.3 Å². The van der Waals surface area contributed by atoms with E-state index in [2.05, 4.69) is 20.0 Å². The van der Waals surface area contributed by atoms with Crippen molar-refractivity contribution in [1.29, 1.82) is 0 Å². The third-order valence-electron chi connectivity index (χ3n) is 2.77. The van der Waals surface area contributed by atoms with E-state index < -0.39 is 0 Å². The number of anilines is 1. The molecule has 2 rings (SSSR count). The monoisotopic (exact) mass is 277 g/mol. The quantitative estimate of drug-likeness (QED) is 0.870. The minimum Gasteiger partial charge on any atom is -0.465 e. The van der Waals surface area contributed by atoms with Crippen LogP contribution in [0.4, 0.5) is 5.82 Å². The number of carbonyl (C=O) groups excluding carboxylic acids is 1. The molecule has 0 fully saturated rings. The average Bonchev–Trinajstić information content (AvgIpc) is 2.81. The lowest BCUT2D eigenvalue weighted by molar-refractivity contribution is 0.0599. The zero-order valence-electron chi connectivity index (χ0n) is 11.1.